The molecule has 1 unspecified atom stereocenters. The number of para-hydroxylation sites is 1. The van der Waals surface area contributed by atoms with Gasteiger partial charge in [0.1, 0.15) is 11.7 Å². The quantitative estimate of drug-likeness (QED) is 0.812. The maximum atomic E-state index is 13.4. The molecule has 2 aromatic rings. The molecule has 0 radical (unpaired) electrons. The van der Waals surface area contributed by atoms with Crippen LogP contribution in [0.4, 0.5) is 0 Å². The van der Waals surface area contributed by atoms with Crippen molar-refractivity contribution in [1.82, 2.24) is 15.2 Å². The minimum Gasteiger partial charge on any atom is -0.351 e. The second kappa shape index (κ2) is 7.61. The predicted octanol–water partition coefficient (Wildman–Crippen LogP) is 4.21. The molecule has 1 fully saturated rings. The number of nitrogens with one attached hydrogen (secondary N) is 2. The molecule has 3 atom stereocenters. The molecule has 28 heavy (non-hydrogen) atoms. The smallest absolute Gasteiger partial charge is 0.268 e. The van der Waals surface area contributed by atoms with Gasteiger partial charge in [0.2, 0.25) is 5.91 Å². The van der Waals surface area contributed by atoms with E-state index in [2.05, 4.69) is 51.8 Å². The summed E-state index contributed by atoms with van der Waals surface area (Å²) in [5.74, 6) is 0.526. The van der Waals surface area contributed by atoms with E-state index in [4.69, 9.17) is 0 Å². The molecule has 1 saturated heterocycles. The molecule has 0 spiro atoms. The Morgan fingerprint density at radius 1 is 1.25 bits per heavy atom. The molecular weight excluding hydrogens is 350 g/mol. The number of carbonyl (C=O) groups excluding carboxylic acids is 2. The molecule has 5 nitrogen and oxygen atoms in total. The van der Waals surface area contributed by atoms with Crippen LogP contribution in [0.1, 0.15) is 58.5 Å². The zero-order chi connectivity index (χ0) is 20.6. The lowest BCUT2D eigenvalue weighted by molar-refractivity contribution is -0.134. The summed E-state index contributed by atoms with van der Waals surface area (Å²) in [4.78, 5) is 31.4. The van der Waals surface area contributed by atoms with Gasteiger partial charge in [0, 0.05) is 23.5 Å². The van der Waals surface area contributed by atoms with E-state index in [1.807, 2.05) is 35.2 Å². The first-order valence-corrected chi connectivity index (χ1v) is 10.3. The van der Waals surface area contributed by atoms with Crippen LogP contribution in [0.25, 0.3) is 10.9 Å². The number of aromatic nitrogens is 1. The number of amides is 2. The molecule has 2 amide bonds. The highest BCUT2D eigenvalue weighted by molar-refractivity contribution is 6.00. The van der Waals surface area contributed by atoms with Crippen molar-refractivity contribution in [2.75, 3.05) is 6.54 Å². The number of benzene rings is 1. The fraction of sp³-hybridized carbons (Fsp3) is 0.565. The summed E-state index contributed by atoms with van der Waals surface area (Å²) in [5.41, 5.74) is 1.49. The van der Waals surface area contributed by atoms with Gasteiger partial charge in [0.25, 0.3) is 5.91 Å². The van der Waals surface area contributed by atoms with Crippen molar-refractivity contribution in [3.05, 3.63) is 36.0 Å². The molecule has 1 aliphatic rings. The number of nitrogens with zero attached hydrogens (tertiary/aromatic N) is 1. The van der Waals surface area contributed by atoms with E-state index in [1.54, 1.807) is 0 Å². The van der Waals surface area contributed by atoms with Gasteiger partial charge in [-0.1, -0.05) is 52.8 Å². The number of rotatable bonds is 5. The van der Waals surface area contributed by atoms with Gasteiger partial charge in [-0.15, -0.1) is 0 Å². The van der Waals surface area contributed by atoms with E-state index >= 15 is 0 Å². The lowest BCUT2D eigenvalue weighted by Crippen LogP contribution is -2.50. The van der Waals surface area contributed by atoms with Crippen LogP contribution in [0, 0.1) is 17.3 Å². The summed E-state index contributed by atoms with van der Waals surface area (Å²) in [6, 6.07) is 9.28. The lowest BCUT2D eigenvalue weighted by atomic mass is 9.81. The van der Waals surface area contributed by atoms with E-state index in [0.29, 0.717) is 24.0 Å². The van der Waals surface area contributed by atoms with E-state index < -0.39 is 6.04 Å². The highest BCUT2D eigenvalue weighted by atomic mass is 16.2. The minimum absolute atomic E-state index is 0.0306. The third-order valence-electron chi connectivity index (χ3n) is 6.39. The van der Waals surface area contributed by atoms with E-state index in [1.165, 1.54) is 0 Å². The molecule has 152 valence electrons. The number of H-pyrrole nitrogens is 1. The van der Waals surface area contributed by atoms with Gasteiger partial charge in [0.05, 0.1) is 0 Å². The Balaban J connectivity index is 1.80. The van der Waals surface area contributed by atoms with Crippen LogP contribution < -0.4 is 5.32 Å². The van der Waals surface area contributed by atoms with Crippen LogP contribution in [0.5, 0.6) is 0 Å². The normalized spacial score (nSPS) is 22.6. The van der Waals surface area contributed by atoms with Crippen LogP contribution in [0.3, 0.4) is 0 Å². The molecule has 0 aliphatic carbocycles. The van der Waals surface area contributed by atoms with Crippen molar-refractivity contribution in [3.63, 3.8) is 0 Å². The first-order valence-electron chi connectivity index (χ1n) is 10.3. The monoisotopic (exact) mass is 383 g/mol. The Labute approximate surface area is 167 Å². The summed E-state index contributed by atoms with van der Waals surface area (Å²) in [6.45, 7) is 13.6. The minimum atomic E-state index is -0.512. The number of carbonyl (C=O) groups is 2. The third kappa shape index (κ3) is 3.94. The Morgan fingerprint density at radius 2 is 1.93 bits per heavy atom. The second-order valence-electron chi connectivity index (χ2n) is 9.41. The molecule has 1 aliphatic heterocycles. The summed E-state index contributed by atoms with van der Waals surface area (Å²) < 4.78 is 0. The zero-order valence-electron chi connectivity index (χ0n) is 17.9. The average Bonchev–Trinajstić information content (AvgIpc) is 3.15. The number of hydrogen-bond donors (Lipinski definition) is 2. The number of hydrogen-bond acceptors (Lipinski definition) is 2. The number of fused-ring (bicyclic) bond motifs is 1. The number of aromatic amines is 1. The van der Waals surface area contributed by atoms with Crippen LogP contribution in [0.15, 0.2) is 30.3 Å². The Hall–Kier alpha value is -2.30. The Morgan fingerprint density at radius 3 is 2.50 bits per heavy atom. The molecule has 3 rings (SSSR count). The molecule has 0 saturated carbocycles. The van der Waals surface area contributed by atoms with Crippen LogP contribution >= 0.6 is 0 Å². The Kier molecular flexibility index (Phi) is 5.55. The van der Waals surface area contributed by atoms with E-state index in [-0.39, 0.29) is 23.3 Å². The topological polar surface area (TPSA) is 65.2 Å². The fourth-order valence-corrected chi connectivity index (χ4v) is 4.25. The van der Waals surface area contributed by atoms with E-state index in [9.17, 15) is 9.59 Å². The molecule has 2 N–H and O–H groups in total. The predicted molar refractivity (Wildman–Crippen MR) is 113 cm³/mol. The maximum absolute atomic E-state index is 13.4. The lowest BCUT2D eigenvalue weighted by Gasteiger charge is -2.29. The third-order valence-corrected chi connectivity index (χ3v) is 6.39. The molecule has 1 aromatic carbocycles. The van der Waals surface area contributed by atoms with Crippen molar-refractivity contribution in [3.8, 4) is 0 Å². The SMILES string of the molecule is CC(C)C[C@H](NC(=O)c1cc2ccccc2[nH]1)C(=O)N1CC(C)(C)C(C)[C@H]1C. The standard InChI is InChI=1S/C23H33N3O2/c1-14(2)11-20(22(28)26-13-23(5,6)15(3)16(26)4)25-21(27)19-12-17-9-7-8-10-18(17)24-19/h7-10,12,14-16,20,24H,11,13H2,1-6H3,(H,25,27)/t15?,16-,20+/m1/s1. The molecule has 0 bridgehead atoms. The zero-order valence-corrected chi connectivity index (χ0v) is 17.9. The van der Waals surface area contributed by atoms with Crippen molar-refractivity contribution in [2.45, 2.75) is 60.0 Å². The van der Waals surface area contributed by atoms with Crippen molar-refractivity contribution >= 4 is 22.7 Å². The van der Waals surface area contributed by atoms with Gasteiger partial charge in [-0.3, -0.25) is 9.59 Å². The van der Waals surface area contributed by atoms with Crippen LogP contribution in [0.2, 0.25) is 0 Å². The highest BCUT2D eigenvalue weighted by Gasteiger charge is 2.45. The molecular formula is C23H33N3O2. The molecule has 2 heterocycles. The van der Waals surface area contributed by atoms with Crippen LogP contribution in [-0.4, -0.2) is 40.3 Å². The van der Waals surface area contributed by atoms with Gasteiger partial charge in [-0.25, -0.2) is 0 Å². The largest absolute Gasteiger partial charge is 0.351 e. The summed E-state index contributed by atoms with van der Waals surface area (Å²) in [5, 5.41) is 3.99. The van der Waals surface area contributed by atoms with Gasteiger partial charge in [-0.2, -0.15) is 0 Å². The van der Waals surface area contributed by atoms with Crippen molar-refractivity contribution in [2.24, 2.45) is 17.3 Å². The first-order chi connectivity index (χ1) is 13.1. The fourth-order valence-electron chi connectivity index (χ4n) is 4.25. The van der Waals surface area contributed by atoms with E-state index in [0.717, 1.165) is 17.4 Å². The molecule has 5 heteroatoms. The van der Waals surface area contributed by atoms with Gasteiger partial charge < -0.3 is 15.2 Å². The van der Waals surface area contributed by atoms with Crippen molar-refractivity contribution < 1.29 is 9.59 Å². The summed E-state index contributed by atoms with van der Waals surface area (Å²) >= 11 is 0. The van der Waals surface area contributed by atoms with Crippen molar-refractivity contribution in [1.29, 1.82) is 0 Å². The second-order valence-corrected chi connectivity index (χ2v) is 9.41. The highest BCUT2D eigenvalue weighted by Crippen LogP contribution is 2.39. The van der Waals surface area contributed by atoms with Gasteiger partial charge >= 0.3 is 0 Å². The summed E-state index contributed by atoms with van der Waals surface area (Å²) in [7, 11) is 0. The first kappa shape index (κ1) is 20.4. The Bertz CT molecular complexity index is 835. The van der Waals surface area contributed by atoms with Gasteiger partial charge in [-0.05, 0) is 42.7 Å². The molecule has 1 aromatic heterocycles. The van der Waals surface area contributed by atoms with Crippen LogP contribution in [-0.2, 0) is 4.79 Å². The average molecular weight is 384 g/mol. The summed E-state index contributed by atoms with van der Waals surface area (Å²) in [6.07, 6.45) is 0.628. The van der Waals surface area contributed by atoms with Gasteiger partial charge in [0.15, 0.2) is 0 Å². The number of likely N-dealkylation sites (tertiary alicyclic amines) is 1. The maximum Gasteiger partial charge on any atom is 0.268 e.